The maximum atomic E-state index is 11.2. The molecule has 0 unspecified atom stereocenters. The molecule has 3 rings (SSSR count). The van der Waals surface area contributed by atoms with Crippen molar-refractivity contribution in [2.24, 2.45) is 0 Å². The van der Waals surface area contributed by atoms with E-state index in [0.717, 1.165) is 26.3 Å². The molecule has 2 heterocycles. The van der Waals surface area contributed by atoms with Gasteiger partial charge in [0.1, 0.15) is 0 Å². The molecule has 2 aromatic heterocycles. The molecule has 3 nitrogen and oxygen atoms in total. The Morgan fingerprint density at radius 2 is 2.07 bits per heavy atom. The second-order valence-electron chi connectivity index (χ2n) is 3.41. The molecule has 0 saturated carbocycles. The Morgan fingerprint density at radius 3 is 2.93 bits per heavy atom. The number of nitrogens with one attached hydrogen (secondary N) is 2. The lowest BCUT2D eigenvalue weighted by Gasteiger charge is -1.91. The summed E-state index contributed by atoms with van der Waals surface area (Å²) in [7, 11) is 0. The highest BCUT2D eigenvalue weighted by Crippen LogP contribution is 2.28. The zero-order valence-electron chi connectivity index (χ0n) is 7.67. The molecule has 0 radical (unpaired) electrons. The summed E-state index contributed by atoms with van der Waals surface area (Å²) in [4.78, 5) is 17.1. The van der Waals surface area contributed by atoms with Gasteiger partial charge in [-0.3, -0.25) is 4.79 Å². The van der Waals surface area contributed by atoms with Crippen molar-refractivity contribution in [3.05, 3.63) is 45.3 Å². The van der Waals surface area contributed by atoms with Gasteiger partial charge in [0.2, 0.25) is 5.56 Å². The number of aromatic amines is 2. The Morgan fingerprint density at radius 1 is 1.20 bits per heavy atom. The number of halogens is 1. The third-order valence-corrected chi connectivity index (χ3v) is 3.15. The van der Waals surface area contributed by atoms with Crippen molar-refractivity contribution in [3.8, 4) is 0 Å². The highest BCUT2D eigenvalue weighted by molar-refractivity contribution is 9.10. The predicted molar refractivity (Wildman–Crippen MR) is 64.1 cm³/mol. The van der Waals surface area contributed by atoms with Crippen LogP contribution in [0.15, 0.2) is 39.7 Å². The van der Waals surface area contributed by atoms with Gasteiger partial charge in [0.05, 0.1) is 11.0 Å². The molecule has 0 aliphatic rings. The van der Waals surface area contributed by atoms with E-state index in [1.54, 1.807) is 12.3 Å². The van der Waals surface area contributed by atoms with Crippen LogP contribution >= 0.6 is 15.9 Å². The molecule has 0 saturated heterocycles. The highest BCUT2D eigenvalue weighted by atomic mass is 79.9. The largest absolute Gasteiger partial charge is 0.352 e. The van der Waals surface area contributed by atoms with E-state index in [1.165, 1.54) is 0 Å². The van der Waals surface area contributed by atoms with E-state index in [-0.39, 0.29) is 5.56 Å². The molecule has 0 amide bonds. The van der Waals surface area contributed by atoms with Crippen LogP contribution in [0.5, 0.6) is 0 Å². The summed E-state index contributed by atoms with van der Waals surface area (Å²) < 4.78 is 1.00. The van der Waals surface area contributed by atoms with Crippen molar-refractivity contribution in [1.82, 2.24) is 9.97 Å². The standard InChI is InChI=1S/C11H7BrN2O/c12-8-3-1-2-6-7-4-10(15)13-5-9(7)14-11(6)8/h1-5,14H,(H,13,15). The minimum atomic E-state index is -0.0802. The molecule has 74 valence electrons. The van der Waals surface area contributed by atoms with Gasteiger partial charge in [-0.05, 0) is 22.0 Å². The van der Waals surface area contributed by atoms with Crippen molar-refractivity contribution >= 4 is 37.7 Å². The third-order valence-electron chi connectivity index (χ3n) is 2.49. The normalized spacial score (nSPS) is 11.3. The fourth-order valence-corrected chi connectivity index (χ4v) is 2.27. The second-order valence-corrected chi connectivity index (χ2v) is 4.27. The molecule has 1 aromatic carbocycles. The number of pyridine rings is 1. The van der Waals surface area contributed by atoms with Gasteiger partial charge in [-0.25, -0.2) is 0 Å². The van der Waals surface area contributed by atoms with Gasteiger partial charge in [-0.2, -0.15) is 0 Å². The van der Waals surface area contributed by atoms with Crippen molar-refractivity contribution in [1.29, 1.82) is 0 Å². The summed E-state index contributed by atoms with van der Waals surface area (Å²) in [6, 6.07) is 7.54. The van der Waals surface area contributed by atoms with Crippen molar-refractivity contribution in [2.75, 3.05) is 0 Å². The first kappa shape index (κ1) is 8.73. The summed E-state index contributed by atoms with van der Waals surface area (Å²) in [6.45, 7) is 0. The molecule has 3 aromatic rings. The molecule has 0 aliphatic carbocycles. The van der Waals surface area contributed by atoms with Crippen molar-refractivity contribution in [3.63, 3.8) is 0 Å². The predicted octanol–water partition coefficient (Wildman–Crippen LogP) is 2.77. The minimum Gasteiger partial charge on any atom is -0.352 e. The molecule has 0 fully saturated rings. The molecular weight excluding hydrogens is 256 g/mol. The average molecular weight is 263 g/mol. The van der Waals surface area contributed by atoms with Gasteiger partial charge >= 0.3 is 0 Å². The van der Waals surface area contributed by atoms with Crippen LogP contribution < -0.4 is 5.56 Å². The zero-order chi connectivity index (χ0) is 10.4. The van der Waals surface area contributed by atoms with Gasteiger partial charge in [0, 0.05) is 27.5 Å². The Kier molecular flexibility index (Phi) is 1.73. The number of fused-ring (bicyclic) bond motifs is 3. The van der Waals surface area contributed by atoms with E-state index >= 15 is 0 Å². The number of rotatable bonds is 0. The van der Waals surface area contributed by atoms with E-state index in [4.69, 9.17) is 0 Å². The maximum absolute atomic E-state index is 11.2. The van der Waals surface area contributed by atoms with Crippen molar-refractivity contribution in [2.45, 2.75) is 0 Å². The Bertz CT molecular complexity index is 711. The lowest BCUT2D eigenvalue weighted by atomic mass is 10.2. The molecule has 0 atom stereocenters. The molecule has 2 N–H and O–H groups in total. The number of para-hydroxylation sites is 1. The SMILES string of the molecule is O=c1cc2c(c[nH]1)[nH]c1c(Br)cccc12. The number of benzene rings is 1. The second kappa shape index (κ2) is 2.97. The van der Waals surface area contributed by atoms with Crippen LogP contribution in [-0.4, -0.2) is 9.97 Å². The summed E-state index contributed by atoms with van der Waals surface area (Å²) in [5.41, 5.74) is 1.88. The van der Waals surface area contributed by atoms with Crippen LogP contribution in [0.3, 0.4) is 0 Å². The van der Waals surface area contributed by atoms with Crippen LogP contribution in [0.2, 0.25) is 0 Å². The summed E-state index contributed by atoms with van der Waals surface area (Å²) >= 11 is 3.47. The van der Waals surface area contributed by atoms with Crippen LogP contribution in [0.1, 0.15) is 0 Å². The molecule has 0 bridgehead atoms. The zero-order valence-corrected chi connectivity index (χ0v) is 9.26. The van der Waals surface area contributed by atoms with Gasteiger partial charge in [-0.15, -0.1) is 0 Å². The summed E-state index contributed by atoms with van der Waals surface area (Å²) in [5, 5.41) is 2.01. The number of hydrogen-bond acceptors (Lipinski definition) is 1. The number of aromatic nitrogens is 2. The Labute approximate surface area is 93.3 Å². The van der Waals surface area contributed by atoms with Gasteiger partial charge in [0.15, 0.2) is 0 Å². The fraction of sp³-hybridized carbons (Fsp3) is 0. The van der Waals surface area contributed by atoms with E-state index < -0.39 is 0 Å². The molecule has 0 aliphatic heterocycles. The fourth-order valence-electron chi connectivity index (χ4n) is 1.81. The maximum Gasteiger partial charge on any atom is 0.248 e. The molecule has 15 heavy (non-hydrogen) atoms. The van der Waals surface area contributed by atoms with Crippen LogP contribution in [-0.2, 0) is 0 Å². The molecule has 4 heteroatoms. The monoisotopic (exact) mass is 262 g/mol. The Balaban J connectivity index is 2.64. The van der Waals surface area contributed by atoms with Crippen LogP contribution in [0.25, 0.3) is 21.8 Å². The topological polar surface area (TPSA) is 48.6 Å². The number of H-pyrrole nitrogens is 2. The van der Waals surface area contributed by atoms with Gasteiger partial charge in [0.25, 0.3) is 0 Å². The van der Waals surface area contributed by atoms with E-state index in [1.807, 2.05) is 18.2 Å². The third kappa shape index (κ3) is 1.22. The Hall–Kier alpha value is -1.55. The average Bonchev–Trinajstić information content (AvgIpc) is 2.58. The lowest BCUT2D eigenvalue weighted by Crippen LogP contribution is -2.00. The highest BCUT2D eigenvalue weighted by Gasteiger charge is 2.06. The van der Waals surface area contributed by atoms with E-state index in [2.05, 4.69) is 25.9 Å². The lowest BCUT2D eigenvalue weighted by molar-refractivity contribution is 1.26. The smallest absolute Gasteiger partial charge is 0.248 e. The van der Waals surface area contributed by atoms with Crippen LogP contribution in [0, 0.1) is 0 Å². The minimum absolute atomic E-state index is 0.0802. The first-order chi connectivity index (χ1) is 7.25. The number of hydrogen-bond donors (Lipinski definition) is 2. The van der Waals surface area contributed by atoms with E-state index in [0.29, 0.717) is 0 Å². The van der Waals surface area contributed by atoms with Crippen molar-refractivity contribution < 1.29 is 0 Å². The van der Waals surface area contributed by atoms with Gasteiger partial charge < -0.3 is 9.97 Å². The van der Waals surface area contributed by atoms with Gasteiger partial charge in [-0.1, -0.05) is 12.1 Å². The molecular formula is C11H7BrN2O. The molecule has 0 spiro atoms. The van der Waals surface area contributed by atoms with Crippen LogP contribution in [0.4, 0.5) is 0 Å². The quantitative estimate of drug-likeness (QED) is 0.643. The summed E-state index contributed by atoms with van der Waals surface area (Å²) in [6.07, 6.45) is 1.70. The first-order valence-electron chi connectivity index (χ1n) is 4.54. The first-order valence-corrected chi connectivity index (χ1v) is 5.33. The summed E-state index contributed by atoms with van der Waals surface area (Å²) in [5.74, 6) is 0. The van der Waals surface area contributed by atoms with E-state index in [9.17, 15) is 4.79 Å².